The summed E-state index contributed by atoms with van der Waals surface area (Å²) in [6.07, 6.45) is -9.31. The Morgan fingerprint density at radius 1 is 0.688 bits per heavy atom. The van der Waals surface area contributed by atoms with Gasteiger partial charge in [0.2, 0.25) is 0 Å². The van der Waals surface area contributed by atoms with E-state index in [-0.39, 0.29) is 22.3 Å². The molecule has 168 valence electrons. The maximum absolute atomic E-state index is 13.1. The average Bonchev–Trinajstić information content (AvgIpc) is 2.69. The van der Waals surface area contributed by atoms with E-state index in [1.165, 1.54) is 30.3 Å². The third-order valence-electron chi connectivity index (χ3n) is 3.89. The number of anilines is 2. The summed E-state index contributed by atoms with van der Waals surface area (Å²) >= 11 is 5.08. The van der Waals surface area contributed by atoms with Crippen LogP contribution >= 0.6 is 12.2 Å². The maximum Gasteiger partial charge on any atom is 0.573 e. The number of hydrogen-bond donors (Lipinski definition) is 2. The first kappa shape index (κ1) is 23.2. The first-order chi connectivity index (χ1) is 15.0. The van der Waals surface area contributed by atoms with Crippen molar-refractivity contribution in [3.05, 3.63) is 78.4 Å². The molecule has 0 radical (unpaired) electrons. The van der Waals surface area contributed by atoms with Gasteiger partial charge < -0.3 is 20.1 Å². The highest BCUT2D eigenvalue weighted by molar-refractivity contribution is 7.80. The molecule has 3 aromatic carbocycles. The zero-order valence-corrected chi connectivity index (χ0v) is 16.7. The summed E-state index contributed by atoms with van der Waals surface area (Å²) < 4.78 is 85.1. The van der Waals surface area contributed by atoms with Crippen LogP contribution in [0.3, 0.4) is 0 Å². The highest BCUT2D eigenvalue weighted by atomic mass is 32.1. The monoisotopic (exact) mass is 472 g/mol. The maximum atomic E-state index is 13.1. The van der Waals surface area contributed by atoms with Crippen LogP contribution in [0.25, 0.3) is 0 Å². The van der Waals surface area contributed by atoms with Gasteiger partial charge in [0.15, 0.2) is 5.11 Å². The molecule has 11 heteroatoms. The Morgan fingerprint density at radius 2 is 1.22 bits per heavy atom. The molecule has 0 aliphatic heterocycles. The summed E-state index contributed by atoms with van der Waals surface area (Å²) in [6.45, 7) is 0. The zero-order chi connectivity index (χ0) is 23.4. The molecule has 0 aliphatic rings. The van der Waals surface area contributed by atoms with Crippen molar-refractivity contribution < 1.29 is 35.8 Å². The van der Waals surface area contributed by atoms with E-state index in [1.54, 1.807) is 24.3 Å². The highest BCUT2D eigenvalue weighted by Crippen LogP contribution is 2.34. The summed E-state index contributed by atoms with van der Waals surface area (Å²) in [5.41, 5.74) is -0.553. The first-order valence-electron chi connectivity index (χ1n) is 8.87. The highest BCUT2D eigenvalue weighted by Gasteiger charge is 2.33. The fourth-order valence-electron chi connectivity index (χ4n) is 2.58. The number of ether oxygens (including phenoxy) is 2. The number of benzene rings is 3. The molecule has 0 bridgehead atoms. The zero-order valence-electron chi connectivity index (χ0n) is 15.9. The van der Waals surface area contributed by atoms with Crippen LogP contribution in [-0.4, -0.2) is 11.5 Å². The Hall–Kier alpha value is -3.47. The minimum Gasteiger partial charge on any atom is -0.457 e. The van der Waals surface area contributed by atoms with Gasteiger partial charge in [0.1, 0.15) is 17.2 Å². The Labute approximate surface area is 183 Å². The first-order valence-corrected chi connectivity index (χ1v) is 9.28. The standard InChI is InChI=1S/C21H14F6N2O2S/c22-20(23,24)17-3-1-2-4-18(17)29-19(32)28-13-5-7-14(8-6-13)30-15-9-11-16(12-10-15)31-21(25,26)27/h1-12H,(H2,28,29,32). The second kappa shape index (κ2) is 9.35. The molecule has 0 amide bonds. The van der Waals surface area contributed by atoms with Crippen LogP contribution in [0.15, 0.2) is 72.8 Å². The van der Waals surface area contributed by atoms with Crippen molar-refractivity contribution in [3.8, 4) is 17.2 Å². The quantitative estimate of drug-likeness (QED) is 0.304. The third-order valence-corrected chi connectivity index (χ3v) is 4.09. The molecule has 3 rings (SSSR count). The molecule has 4 nitrogen and oxygen atoms in total. The third kappa shape index (κ3) is 6.77. The predicted molar refractivity (Wildman–Crippen MR) is 111 cm³/mol. The van der Waals surface area contributed by atoms with Crippen LogP contribution < -0.4 is 20.1 Å². The summed E-state index contributed by atoms with van der Waals surface area (Å²) in [5, 5.41) is 5.24. The molecule has 0 atom stereocenters. The van der Waals surface area contributed by atoms with Gasteiger partial charge in [-0.15, -0.1) is 13.2 Å². The summed E-state index contributed by atoms with van der Waals surface area (Å²) in [6, 6.07) is 16.0. The summed E-state index contributed by atoms with van der Waals surface area (Å²) in [4.78, 5) is 0. The second-order valence-electron chi connectivity index (χ2n) is 6.27. The van der Waals surface area contributed by atoms with Gasteiger partial charge in [-0.05, 0) is 72.9 Å². The Balaban J connectivity index is 1.59. The van der Waals surface area contributed by atoms with Crippen LogP contribution in [0.2, 0.25) is 0 Å². The van der Waals surface area contributed by atoms with Crippen molar-refractivity contribution in [3.63, 3.8) is 0 Å². The number of para-hydroxylation sites is 1. The van der Waals surface area contributed by atoms with E-state index in [1.807, 2.05) is 0 Å². The van der Waals surface area contributed by atoms with Crippen LogP contribution in [0.5, 0.6) is 17.2 Å². The van der Waals surface area contributed by atoms with Gasteiger partial charge in [-0.2, -0.15) is 13.2 Å². The molecule has 2 N–H and O–H groups in total. The molecular formula is C21H14F6N2O2S. The molecule has 0 aromatic heterocycles. The minimum absolute atomic E-state index is 0.0457. The SMILES string of the molecule is FC(F)(F)Oc1ccc(Oc2ccc(NC(=S)Nc3ccccc3C(F)(F)F)cc2)cc1. The van der Waals surface area contributed by atoms with E-state index in [0.29, 0.717) is 11.4 Å². The lowest BCUT2D eigenvalue weighted by molar-refractivity contribution is -0.274. The van der Waals surface area contributed by atoms with E-state index in [4.69, 9.17) is 17.0 Å². The molecule has 32 heavy (non-hydrogen) atoms. The molecule has 0 spiro atoms. The summed E-state index contributed by atoms with van der Waals surface area (Å²) in [7, 11) is 0. The van der Waals surface area contributed by atoms with Crippen molar-refractivity contribution in [2.24, 2.45) is 0 Å². The molecule has 0 heterocycles. The Morgan fingerprint density at radius 3 is 1.78 bits per heavy atom. The number of halogens is 6. The number of thiocarbonyl (C=S) groups is 1. The van der Waals surface area contributed by atoms with Gasteiger partial charge in [-0.25, -0.2) is 0 Å². The minimum atomic E-state index is -4.78. The largest absolute Gasteiger partial charge is 0.573 e. The Bertz CT molecular complexity index is 1070. The van der Waals surface area contributed by atoms with Gasteiger partial charge in [-0.3, -0.25) is 0 Å². The van der Waals surface area contributed by atoms with Crippen molar-refractivity contribution in [2.75, 3.05) is 10.6 Å². The smallest absolute Gasteiger partial charge is 0.457 e. The average molecular weight is 472 g/mol. The van der Waals surface area contributed by atoms with Gasteiger partial charge in [-0.1, -0.05) is 12.1 Å². The fraction of sp³-hybridized carbons (Fsp3) is 0.0952. The lowest BCUT2D eigenvalue weighted by atomic mass is 10.1. The fourth-order valence-corrected chi connectivity index (χ4v) is 2.80. The van der Waals surface area contributed by atoms with Crippen molar-refractivity contribution in [1.82, 2.24) is 0 Å². The van der Waals surface area contributed by atoms with E-state index >= 15 is 0 Å². The van der Waals surface area contributed by atoms with Crippen LogP contribution in [0, 0.1) is 0 Å². The van der Waals surface area contributed by atoms with E-state index in [0.717, 1.165) is 18.2 Å². The molecule has 0 fully saturated rings. The van der Waals surface area contributed by atoms with Gasteiger partial charge in [0.05, 0.1) is 11.3 Å². The number of alkyl halides is 6. The normalized spacial score (nSPS) is 11.6. The van der Waals surface area contributed by atoms with Gasteiger partial charge >= 0.3 is 12.5 Å². The number of nitrogens with one attached hydrogen (secondary N) is 2. The topological polar surface area (TPSA) is 42.5 Å². The molecule has 3 aromatic rings. The van der Waals surface area contributed by atoms with Crippen molar-refractivity contribution >= 4 is 28.7 Å². The predicted octanol–water partition coefficient (Wildman–Crippen LogP) is 7.21. The van der Waals surface area contributed by atoms with E-state index in [9.17, 15) is 26.3 Å². The van der Waals surface area contributed by atoms with Gasteiger partial charge in [0.25, 0.3) is 0 Å². The number of hydrogen-bond acceptors (Lipinski definition) is 3. The lowest BCUT2D eigenvalue weighted by Gasteiger charge is -2.16. The van der Waals surface area contributed by atoms with Crippen molar-refractivity contribution in [2.45, 2.75) is 12.5 Å². The second-order valence-corrected chi connectivity index (χ2v) is 6.68. The molecule has 0 aliphatic carbocycles. The van der Waals surface area contributed by atoms with Gasteiger partial charge in [0, 0.05) is 5.69 Å². The van der Waals surface area contributed by atoms with Crippen LogP contribution in [0.4, 0.5) is 37.7 Å². The molecule has 0 unspecified atom stereocenters. The molecule has 0 saturated carbocycles. The van der Waals surface area contributed by atoms with Crippen LogP contribution in [-0.2, 0) is 6.18 Å². The molecular weight excluding hydrogens is 458 g/mol. The molecule has 0 saturated heterocycles. The Kier molecular flexibility index (Phi) is 6.78. The van der Waals surface area contributed by atoms with E-state index in [2.05, 4.69) is 15.4 Å². The van der Waals surface area contributed by atoms with E-state index < -0.39 is 18.1 Å². The number of rotatable bonds is 5. The summed E-state index contributed by atoms with van der Waals surface area (Å²) in [5.74, 6) is 0.278. The van der Waals surface area contributed by atoms with Crippen molar-refractivity contribution in [1.29, 1.82) is 0 Å². The van der Waals surface area contributed by atoms with Crippen LogP contribution in [0.1, 0.15) is 5.56 Å². The lowest BCUT2D eigenvalue weighted by Crippen LogP contribution is -2.21.